The molecule has 0 spiro atoms. The summed E-state index contributed by atoms with van der Waals surface area (Å²) in [4.78, 5) is 17.1. The van der Waals surface area contributed by atoms with Crippen LogP contribution in [0.4, 0.5) is 0 Å². The zero-order valence-corrected chi connectivity index (χ0v) is 8.45. The molecule has 15 heavy (non-hydrogen) atoms. The highest BCUT2D eigenvalue weighted by atomic mass is 32.2. The Hall–Kier alpha value is -1.89. The van der Waals surface area contributed by atoms with E-state index in [1.165, 1.54) is 12.3 Å². The van der Waals surface area contributed by atoms with E-state index in [1.807, 2.05) is 0 Å². The van der Waals surface area contributed by atoms with E-state index < -0.39 is 16.3 Å². The zero-order chi connectivity index (χ0) is 11.3. The van der Waals surface area contributed by atoms with Crippen molar-refractivity contribution >= 4 is 16.3 Å². The topological polar surface area (TPSA) is 89.1 Å². The van der Waals surface area contributed by atoms with Gasteiger partial charge in [-0.15, -0.1) is 0 Å². The first-order valence-corrected chi connectivity index (χ1v) is 4.97. The third-order valence-electron chi connectivity index (χ3n) is 1.40. The summed E-state index contributed by atoms with van der Waals surface area (Å²) in [5.41, 5.74) is 0.144. The fraction of sp³-hybridized carbons (Fsp3) is 0.125. The number of hydrogen-bond donors (Lipinski definition) is 1. The summed E-state index contributed by atoms with van der Waals surface area (Å²) in [5, 5.41) is 0. The molecule has 0 radical (unpaired) electrons. The first-order valence-electron chi connectivity index (χ1n) is 3.90. The van der Waals surface area contributed by atoms with E-state index in [0.717, 1.165) is 6.20 Å². The van der Waals surface area contributed by atoms with Gasteiger partial charge >= 0.3 is 5.97 Å². The fourth-order valence-electron chi connectivity index (χ4n) is 0.763. The van der Waals surface area contributed by atoms with E-state index in [4.69, 9.17) is 4.74 Å². The number of H-pyrrole nitrogens is 1. The van der Waals surface area contributed by atoms with Crippen molar-refractivity contribution in [3.63, 3.8) is 0 Å². The van der Waals surface area contributed by atoms with E-state index in [2.05, 4.69) is 16.5 Å². The van der Waals surface area contributed by atoms with Crippen LogP contribution in [0.15, 0.2) is 25.0 Å². The van der Waals surface area contributed by atoms with Crippen LogP contribution in [0.3, 0.4) is 0 Å². The van der Waals surface area contributed by atoms with Gasteiger partial charge in [0.2, 0.25) is 0 Å². The van der Waals surface area contributed by atoms with Crippen molar-refractivity contribution in [3.8, 4) is 0 Å². The van der Waals surface area contributed by atoms with Gasteiger partial charge < -0.3 is 9.72 Å². The molecule has 0 amide bonds. The van der Waals surface area contributed by atoms with Crippen molar-refractivity contribution in [2.24, 2.45) is 0 Å². The molecule has 0 saturated heterocycles. The normalized spacial score (nSPS) is 9.33. The molecule has 1 aromatic rings. The smallest absolute Gasteiger partial charge is 0.341 e. The predicted molar refractivity (Wildman–Crippen MR) is 51.2 cm³/mol. The van der Waals surface area contributed by atoms with Crippen LogP contribution in [-0.4, -0.2) is 31.0 Å². The average molecular weight is 228 g/mol. The highest BCUT2D eigenvalue weighted by molar-refractivity contribution is 7.63. The predicted octanol–water partition coefficient (Wildman–Crippen LogP) is 0.164. The average Bonchev–Trinajstić information content (AvgIpc) is 2.26. The van der Waals surface area contributed by atoms with Crippen molar-refractivity contribution in [2.45, 2.75) is 0 Å². The molecule has 1 N–H and O–H groups in total. The van der Waals surface area contributed by atoms with E-state index in [1.54, 1.807) is 0 Å². The molecule has 0 aromatic carbocycles. The van der Waals surface area contributed by atoms with Crippen LogP contribution < -0.4 is 0 Å². The number of nitrogens with zero attached hydrogens (tertiary/aromatic N) is 1. The molecule has 0 fully saturated rings. The first kappa shape index (κ1) is 11.2. The minimum absolute atomic E-state index is 0.0913. The molecular formula is C8H8N2O4S. The molecule has 0 aliphatic carbocycles. The van der Waals surface area contributed by atoms with Gasteiger partial charge in [0.05, 0.1) is 5.56 Å². The van der Waals surface area contributed by atoms with Gasteiger partial charge in [-0.05, 0) is 0 Å². The second kappa shape index (κ2) is 5.11. The van der Waals surface area contributed by atoms with E-state index in [9.17, 15) is 13.2 Å². The molecule has 1 aromatic heterocycles. The Kier molecular flexibility index (Phi) is 3.81. The van der Waals surface area contributed by atoms with E-state index in [-0.39, 0.29) is 16.9 Å². The Balaban J connectivity index is 2.95. The lowest BCUT2D eigenvalue weighted by Crippen LogP contribution is -2.06. The van der Waals surface area contributed by atoms with Crippen LogP contribution in [0.25, 0.3) is 0 Å². The standard InChI is InChI=1S/C8H8N2O4S/c1-2-3-14-7(11)6-4-9-8(10-5-6)15(12)13/h2,4-5,9H,1,3H2. The first-order chi connectivity index (χ1) is 7.15. The van der Waals surface area contributed by atoms with Gasteiger partial charge in [-0.1, -0.05) is 12.7 Å². The van der Waals surface area contributed by atoms with Gasteiger partial charge in [-0.2, -0.15) is 8.42 Å². The molecule has 0 aliphatic heterocycles. The lowest BCUT2D eigenvalue weighted by Gasteiger charge is -1.99. The van der Waals surface area contributed by atoms with Gasteiger partial charge in [-0.3, -0.25) is 0 Å². The summed E-state index contributed by atoms with van der Waals surface area (Å²) in [5.74, 6) is -0.595. The molecule has 0 atom stereocenters. The van der Waals surface area contributed by atoms with Crippen LogP contribution in [0.5, 0.6) is 0 Å². The van der Waals surface area contributed by atoms with Gasteiger partial charge in [0.15, 0.2) is 0 Å². The SMILES string of the molecule is C=CCOC(=O)c1cnc(=S(=O)=O)[nH]c1. The van der Waals surface area contributed by atoms with Crippen LogP contribution in [0.1, 0.15) is 10.4 Å². The number of aromatic amines is 1. The molecule has 0 unspecified atom stereocenters. The molecule has 1 heterocycles. The summed E-state index contributed by atoms with van der Waals surface area (Å²) < 4.78 is 25.3. The monoisotopic (exact) mass is 228 g/mol. The van der Waals surface area contributed by atoms with Gasteiger partial charge in [0, 0.05) is 12.4 Å². The lowest BCUT2D eigenvalue weighted by atomic mass is 10.3. The molecule has 0 aliphatic rings. The number of carbonyl (C=O) groups excluding carboxylic acids is 1. The summed E-state index contributed by atoms with van der Waals surface area (Å²) in [7, 11) is -2.44. The molecular weight excluding hydrogens is 220 g/mol. The maximum absolute atomic E-state index is 11.2. The summed E-state index contributed by atoms with van der Waals surface area (Å²) in [6, 6.07) is 0. The number of esters is 1. The van der Waals surface area contributed by atoms with E-state index in [0.29, 0.717) is 0 Å². The maximum atomic E-state index is 11.2. The van der Waals surface area contributed by atoms with Gasteiger partial charge in [0.1, 0.15) is 6.61 Å². The Morgan fingerprint density at radius 1 is 1.67 bits per heavy atom. The minimum atomic E-state index is -2.44. The van der Waals surface area contributed by atoms with Crippen LogP contribution in [-0.2, 0) is 15.0 Å². The molecule has 1 rings (SSSR count). The van der Waals surface area contributed by atoms with Crippen LogP contribution in [0, 0.1) is 4.77 Å². The van der Waals surface area contributed by atoms with Crippen LogP contribution >= 0.6 is 0 Å². The van der Waals surface area contributed by atoms with E-state index >= 15 is 0 Å². The Morgan fingerprint density at radius 3 is 2.87 bits per heavy atom. The molecule has 7 heteroatoms. The maximum Gasteiger partial charge on any atom is 0.341 e. The summed E-state index contributed by atoms with van der Waals surface area (Å²) >= 11 is 0. The number of carbonyl (C=O) groups is 1. The number of nitrogens with one attached hydrogen (secondary N) is 1. The fourth-order valence-corrected chi connectivity index (χ4v) is 1.06. The van der Waals surface area contributed by atoms with Crippen LogP contribution in [0.2, 0.25) is 0 Å². The summed E-state index contributed by atoms with van der Waals surface area (Å²) in [6.07, 6.45) is 3.76. The third-order valence-corrected chi connectivity index (χ3v) is 1.94. The largest absolute Gasteiger partial charge is 0.458 e. The van der Waals surface area contributed by atoms with Crippen molar-refractivity contribution in [2.75, 3.05) is 6.61 Å². The molecule has 6 nitrogen and oxygen atoms in total. The number of aromatic nitrogens is 2. The Bertz CT molecular complexity index is 516. The second-order valence-corrected chi connectivity index (χ2v) is 3.29. The zero-order valence-electron chi connectivity index (χ0n) is 7.63. The number of hydrogen-bond acceptors (Lipinski definition) is 5. The molecule has 0 saturated carbocycles. The highest BCUT2D eigenvalue weighted by Crippen LogP contribution is 1.96. The van der Waals surface area contributed by atoms with Crippen molar-refractivity contribution in [3.05, 3.63) is 35.4 Å². The number of ether oxygens (including phenoxy) is 1. The van der Waals surface area contributed by atoms with Gasteiger partial charge in [0.25, 0.3) is 15.1 Å². The molecule has 0 bridgehead atoms. The lowest BCUT2D eigenvalue weighted by molar-refractivity contribution is 0.0548. The van der Waals surface area contributed by atoms with Crippen molar-refractivity contribution < 1.29 is 17.9 Å². The number of rotatable bonds is 3. The third kappa shape index (κ3) is 3.06. The minimum Gasteiger partial charge on any atom is -0.458 e. The second-order valence-electron chi connectivity index (χ2n) is 2.43. The van der Waals surface area contributed by atoms with Gasteiger partial charge in [-0.25, -0.2) is 9.78 Å². The van der Waals surface area contributed by atoms with Crippen molar-refractivity contribution in [1.29, 1.82) is 0 Å². The molecule has 80 valence electrons. The highest BCUT2D eigenvalue weighted by Gasteiger charge is 2.05. The quantitative estimate of drug-likeness (QED) is 0.452. The Labute approximate surface area is 86.8 Å². The van der Waals surface area contributed by atoms with Crippen molar-refractivity contribution in [1.82, 2.24) is 9.97 Å². The Morgan fingerprint density at radius 2 is 2.40 bits per heavy atom. The summed E-state index contributed by atoms with van der Waals surface area (Å²) in [6.45, 7) is 3.47.